The second-order valence-electron chi connectivity index (χ2n) is 11.8. The number of hydrogen-bond donors (Lipinski definition) is 0. The molecule has 0 N–H and O–H groups in total. The van der Waals surface area contributed by atoms with E-state index in [1.807, 2.05) is 24.3 Å². The van der Waals surface area contributed by atoms with Crippen LogP contribution in [-0.2, 0) is 25.7 Å². The van der Waals surface area contributed by atoms with Crippen LogP contribution in [0.4, 0.5) is 0 Å². The van der Waals surface area contributed by atoms with Crippen LogP contribution in [0.2, 0.25) is 20.1 Å². The zero-order valence-electron chi connectivity index (χ0n) is 24.5. The highest BCUT2D eigenvalue weighted by Gasteiger charge is 2.28. The molecule has 0 unspecified atom stereocenters. The van der Waals surface area contributed by atoms with Crippen molar-refractivity contribution >= 4 is 46.4 Å². The Bertz CT molecular complexity index is 2020. The van der Waals surface area contributed by atoms with Gasteiger partial charge >= 0.3 is 0 Å². The monoisotopic (exact) mass is 678 g/mol. The van der Waals surface area contributed by atoms with E-state index in [0.29, 0.717) is 44.4 Å². The third-order valence-corrected chi connectivity index (χ3v) is 10.2. The summed E-state index contributed by atoms with van der Waals surface area (Å²) >= 11 is 25.7. The van der Waals surface area contributed by atoms with Crippen molar-refractivity contribution < 1.29 is 9.78 Å². The number of hydrogen-bond acceptors (Lipinski definition) is 2. The Kier molecular flexibility index (Phi) is 7.71. The Morgan fingerprint density at radius 1 is 0.435 bits per heavy atom. The lowest BCUT2D eigenvalue weighted by molar-refractivity contribution is -0.103. The van der Waals surface area contributed by atoms with Crippen LogP contribution in [0.25, 0.3) is 22.3 Å². The number of fused-ring (bicyclic) bond motifs is 6. The molecule has 0 fully saturated rings. The Balaban J connectivity index is 1.22. The van der Waals surface area contributed by atoms with E-state index < -0.39 is 0 Å². The lowest BCUT2D eigenvalue weighted by atomic mass is 9.97. The molecule has 0 saturated carbocycles. The predicted molar refractivity (Wildman–Crippen MR) is 189 cm³/mol. The smallest absolute Gasteiger partial charge is 0.186 e. The molecule has 8 rings (SSSR count). The molecule has 6 heteroatoms. The molecule has 0 spiro atoms. The van der Waals surface area contributed by atoms with Gasteiger partial charge in [0.1, 0.15) is 0 Å². The first-order valence-corrected chi connectivity index (χ1v) is 16.6. The highest BCUT2D eigenvalue weighted by Crippen LogP contribution is 2.46. The highest BCUT2D eigenvalue weighted by molar-refractivity contribution is 6.35. The summed E-state index contributed by atoms with van der Waals surface area (Å²) < 4.78 is 0. The summed E-state index contributed by atoms with van der Waals surface area (Å²) in [6.07, 6.45) is 2.61. The van der Waals surface area contributed by atoms with Crippen LogP contribution in [-0.4, -0.2) is 0 Å². The molecule has 2 nitrogen and oxygen atoms in total. The predicted octanol–water partition coefficient (Wildman–Crippen LogP) is 12.0. The second kappa shape index (κ2) is 12.0. The van der Waals surface area contributed by atoms with Gasteiger partial charge in [0.2, 0.25) is 0 Å². The lowest BCUT2D eigenvalue weighted by Gasteiger charge is -2.19. The van der Waals surface area contributed by atoms with E-state index in [1.54, 1.807) is 12.1 Å². The summed E-state index contributed by atoms with van der Waals surface area (Å²) in [7, 11) is 0. The summed E-state index contributed by atoms with van der Waals surface area (Å²) in [4.78, 5) is 13.1. The van der Waals surface area contributed by atoms with Gasteiger partial charge in [0.25, 0.3) is 0 Å². The molecule has 226 valence electrons. The molecule has 2 aliphatic rings. The summed E-state index contributed by atoms with van der Waals surface area (Å²) in [5, 5.41) is 2.43. The average Bonchev–Trinajstić information content (AvgIpc) is 3.62. The average molecular weight is 680 g/mol. The summed E-state index contributed by atoms with van der Waals surface area (Å²) in [6.45, 7) is 0. The van der Waals surface area contributed by atoms with Crippen molar-refractivity contribution in [2.45, 2.75) is 25.7 Å². The van der Waals surface area contributed by atoms with Gasteiger partial charge in [0, 0.05) is 68.0 Å². The van der Waals surface area contributed by atoms with Crippen molar-refractivity contribution in [2.24, 2.45) is 0 Å². The molecule has 0 heterocycles. The first-order chi connectivity index (χ1) is 22.4. The summed E-state index contributed by atoms with van der Waals surface area (Å²) in [5.41, 5.74) is 13.3. The Morgan fingerprint density at radius 2 is 0.848 bits per heavy atom. The quantitative estimate of drug-likeness (QED) is 0.123. The molecule has 2 aliphatic carbocycles. The summed E-state index contributed by atoms with van der Waals surface area (Å²) in [5.74, 6) is 1.42. The van der Waals surface area contributed by atoms with Gasteiger partial charge in [-0.25, -0.2) is 0 Å². The zero-order chi connectivity index (χ0) is 31.4. The molecule has 6 aromatic carbocycles. The van der Waals surface area contributed by atoms with Crippen LogP contribution >= 0.6 is 46.4 Å². The van der Waals surface area contributed by atoms with Crippen molar-refractivity contribution in [3.8, 4) is 33.8 Å². The maximum atomic E-state index is 6.65. The maximum Gasteiger partial charge on any atom is 0.186 e. The first kappa shape index (κ1) is 29.5. The molecule has 0 aliphatic heterocycles. The van der Waals surface area contributed by atoms with Crippen molar-refractivity contribution in [3.63, 3.8) is 0 Å². The Morgan fingerprint density at radius 3 is 1.28 bits per heavy atom. The molecular weight excluding hydrogens is 654 g/mol. The molecular formula is C40H26Cl4O2. The van der Waals surface area contributed by atoms with Crippen LogP contribution in [0.3, 0.4) is 0 Å². The van der Waals surface area contributed by atoms with Gasteiger partial charge in [-0.2, -0.15) is 0 Å². The van der Waals surface area contributed by atoms with Crippen molar-refractivity contribution in [1.29, 1.82) is 0 Å². The minimum atomic E-state index is 0.559. The van der Waals surface area contributed by atoms with Crippen LogP contribution in [0.5, 0.6) is 11.5 Å². The van der Waals surface area contributed by atoms with E-state index in [0.717, 1.165) is 57.3 Å². The van der Waals surface area contributed by atoms with E-state index in [9.17, 15) is 0 Å². The normalized spacial score (nSPS) is 12.3. The zero-order valence-corrected chi connectivity index (χ0v) is 27.6. The SMILES string of the molecule is Clc1ccc(Cc2ccc3c(c2OOc2c(Cc4ccc(Cl)cc4Cl)ccc4c2Cc2ccccc2-4)Cc2ccccc2-3)c(Cl)c1. The molecule has 0 atom stereocenters. The summed E-state index contributed by atoms with van der Waals surface area (Å²) in [6, 6.07) is 36.8. The molecule has 0 saturated heterocycles. The van der Waals surface area contributed by atoms with Crippen LogP contribution < -0.4 is 9.78 Å². The number of rotatable bonds is 7. The van der Waals surface area contributed by atoms with E-state index >= 15 is 0 Å². The molecule has 6 aromatic rings. The fourth-order valence-electron chi connectivity index (χ4n) is 6.77. The lowest BCUT2D eigenvalue weighted by Crippen LogP contribution is -2.10. The molecule has 46 heavy (non-hydrogen) atoms. The Hall–Kier alpha value is -3.92. The van der Waals surface area contributed by atoms with Crippen molar-refractivity contribution in [1.82, 2.24) is 0 Å². The molecule has 0 bridgehead atoms. The van der Waals surface area contributed by atoms with Gasteiger partial charge in [0.15, 0.2) is 11.5 Å². The fourth-order valence-corrected chi connectivity index (χ4v) is 7.72. The number of halogens is 4. The van der Waals surface area contributed by atoms with E-state index in [4.69, 9.17) is 56.2 Å². The van der Waals surface area contributed by atoms with Gasteiger partial charge < -0.3 is 0 Å². The second-order valence-corrected chi connectivity index (χ2v) is 13.5. The van der Waals surface area contributed by atoms with Gasteiger partial charge in [-0.15, -0.1) is 0 Å². The van der Waals surface area contributed by atoms with Crippen LogP contribution in [0.15, 0.2) is 109 Å². The van der Waals surface area contributed by atoms with Gasteiger partial charge in [0.05, 0.1) is 0 Å². The minimum Gasteiger partial charge on any atom is -0.289 e. The van der Waals surface area contributed by atoms with Gasteiger partial charge in [-0.1, -0.05) is 131 Å². The third-order valence-electron chi connectivity index (χ3n) is 9.03. The maximum absolute atomic E-state index is 6.65. The van der Waals surface area contributed by atoms with E-state index in [1.165, 1.54) is 22.3 Å². The fraction of sp³-hybridized carbons (Fsp3) is 0.100. The van der Waals surface area contributed by atoms with Gasteiger partial charge in [-0.3, -0.25) is 9.78 Å². The largest absolute Gasteiger partial charge is 0.289 e. The molecule has 0 radical (unpaired) electrons. The number of benzene rings is 6. The highest BCUT2D eigenvalue weighted by atomic mass is 35.5. The third kappa shape index (κ3) is 5.34. The first-order valence-electron chi connectivity index (χ1n) is 15.1. The standard InChI is InChI=1S/C40H26Cl4O2/c41-29-13-9-25(37(43)21-29)17-27-11-15-33-31-7-3-1-5-23(31)19-35(33)39(27)45-46-40-28(18-26-10-14-30(42)22-38(26)44)12-16-34-32-8-4-2-6-24(32)20-36(34)40/h1-16,21-22H,17-20H2. The van der Waals surface area contributed by atoms with E-state index in [2.05, 4.69) is 72.8 Å². The minimum absolute atomic E-state index is 0.559. The molecule has 0 aromatic heterocycles. The van der Waals surface area contributed by atoms with Crippen LogP contribution in [0.1, 0.15) is 44.5 Å². The molecule has 0 amide bonds. The van der Waals surface area contributed by atoms with Crippen LogP contribution in [0, 0.1) is 0 Å². The van der Waals surface area contributed by atoms with Crippen molar-refractivity contribution in [3.05, 3.63) is 174 Å². The van der Waals surface area contributed by atoms with E-state index in [-0.39, 0.29) is 0 Å². The van der Waals surface area contributed by atoms with Gasteiger partial charge in [-0.05, 0) is 68.8 Å². The van der Waals surface area contributed by atoms with Crippen molar-refractivity contribution in [2.75, 3.05) is 0 Å². The topological polar surface area (TPSA) is 18.5 Å². The Labute approximate surface area is 288 Å².